The fourth-order valence-corrected chi connectivity index (χ4v) is 1.97. The Labute approximate surface area is 105 Å². The summed E-state index contributed by atoms with van der Waals surface area (Å²) in [5.41, 5.74) is 8.31. The van der Waals surface area contributed by atoms with Gasteiger partial charge in [-0.15, -0.1) is 0 Å². The molecule has 0 aromatic heterocycles. The minimum absolute atomic E-state index is 0.0581. The molecular weight excluding hydrogens is 234 g/mol. The van der Waals surface area contributed by atoms with E-state index in [1.54, 1.807) is 24.3 Å². The molecule has 0 saturated heterocycles. The zero-order chi connectivity index (χ0) is 12.4. The summed E-state index contributed by atoms with van der Waals surface area (Å²) in [5.74, 6) is -0.0581. The monoisotopic (exact) mass is 245 g/mol. The summed E-state index contributed by atoms with van der Waals surface area (Å²) in [6.45, 7) is 1.90. The maximum absolute atomic E-state index is 12.3. The first-order valence-electron chi connectivity index (χ1n) is 5.24. The summed E-state index contributed by atoms with van der Waals surface area (Å²) >= 11 is 5.89. The van der Waals surface area contributed by atoms with Crippen LogP contribution in [0.4, 0.5) is 5.69 Å². The van der Waals surface area contributed by atoms with Crippen LogP contribution in [-0.2, 0) is 0 Å². The molecule has 0 spiro atoms. The average Bonchev–Trinajstić information content (AvgIpc) is 2.27. The highest BCUT2D eigenvalue weighted by Crippen LogP contribution is 2.20. The lowest BCUT2D eigenvalue weighted by molar-refractivity contribution is 0.103. The Balaban J connectivity index is 2.48. The van der Waals surface area contributed by atoms with E-state index >= 15 is 0 Å². The van der Waals surface area contributed by atoms with Crippen molar-refractivity contribution in [2.45, 2.75) is 6.92 Å². The van der Waals surface area contributed by atoms with E-state index in [0.29, 0.717) is 21.8 Å². The van der Waals surface area contributed by atoms with E-state index in [9.17, 15) is 4.79 Å². The number of nitrogen functional groups attached to an aromatic ring is 1. The standard InChI is InChI=1S/C14H12ClNO/c1-9-4-2-3-5-13(9)14(17)10-6-11(15)8-12(16)7-10/h2-8H,16H2,1H3. The summed E-state index contributed by atoms with van der Waals surface area (Å²) in [7, 11) is 0. The molecule has 0 unspecified atom stereocenters. The van der Waals surface area contributed by atoms with Crippen molar-refractivity contribution in [2.24, 2.45) is 0 Å². The Morgan fingerprint density at radius 3 is 2.53 bits per heavy atom. The third kappa shape index (κ3) is 2.48. The van der Waals surface area contributed by atoms with Crippen LogP contribution in [0.2, 0.25) is 5.02 Å². The van der Waals surface area contributed by atoms with E-state index in [0.717, 1.165) is 5.56 Å². The lowest BCUT2D eigenvalue weighted by atomic mass is 9.99. The molecule has 0 aliphatic carbocycles. The molecule has 0 saturated carbocycles. The van der Waals surface area contributed by atoms with Gasteiger partial charge in [0, 0.05) is 21.8 Å². The molecule has 0 atom stereocenters. The third-order valence-electron chi connectivity index (χ3n) is 2.57. The number of hydrogen-bond acceptors (Lipinski definition) is 2. The maximum Gasteiger partial charge on any atom is 0.193 e. The first-order chi connectivity index (χ1) is 8.08. The van der Waals surface area contributed by atoms with Gasteiger partial charge in [-0.3, -0.25) is 4.79 Å². The van der Waals surface area contributed by atoms with Gasteiger partial charge in [0.25, 0.3) is 0 Å². The van der Waals surface area contributed by atoms with Crippen LogP contribution in [0, 0.1) is 6.92 Å². The molecular formula is C14H12ClNO. The Kier molecular flexibility index (Phi) is 3.16. The quantitative estimate of drug-likeness (QED) is 0.650. The average molecular weight is 246 g/mol. The van der Waals surface area contributed by atoms with Crippen molar-refractivity contribution in [2.75, 3.05) is 5.73 Å². The Morgan fingerprint density at radius 1 is 1.18 bits per heavy atom. The number of benzene rings is 2. The molecule has 2 aromatic carbocycles. The molecule has 2 rings (SSSR count). The predicted octanol–water partition coefficient (Wildman–Crippen LogP) is 3.46. The second-order valence-electron chi connectivity index (χ2n) is 3.92. The molecule has 0 heterocycles. The van der Waals surface area contributed by atoms with Gasteiger partial charge in [0.05, 0.1) is 0 Å². The van der Waals surface area contributed by atoms with E-state index in [1.165, 1.54) is 0 Å². The molecule has 0 aliphatic rings. The summed E-state index contributed by atoms with van der Waals surface area (Å²) < 4.78 is 0. The molecule has 0 amide bonds. The van der Waals surface area contributed by atoms with E-state index < -0.39 is 0 Å². The molecule has 0 aliphatic heterocycles. The third-order valence-corrected chi connectivity index (χ3v) is 2.79. The zero-order valence-corrected chi connectivity index (χ0v) is 10.2. The van der Waals surface area contributed by atoms with E-state index in [-0.39, 0.29) is 5.78 Å². The number of carbonyl (C=O) groups excluding carboxylic acids is 1. The van der Waals surface area contributed by atoms with Crippen molar-refractivity contribution in [1.29, 1.82) is 0 Å². The van der Waals surface area contributed by atoms with E-state index in [2.05, 4.69) is 0 Å². The Hall–Kier alpha value is -1.80. The van der Waals surface area contributed by atoms with Gasteiger partial charge < -0.3 is 5.73 Å². The first kappa shape index (κ1) is 11.7. The normalized spacial score (nSPS) is 10.2. The van der Waals surface area contributed by atoms with Gasteiger partial charge in [-0.05, 0) is 30.7 Å². The lowest BCUT2D eigenvalue weighted by Gasteiger charge is -2.06. The van der Waals surface area contributed by atoms with Crippen molar-refractivity contribution >= 4 is 23.1 Å². The number of halogens is 1. The van der Waals surface area contributed by atoms with Gasteiger partial charge in [0.15, 0.2) is 5.78 Å². The molecule has 0 radical (unpaired) electrons. The van der Waals surface area contributed by atoms with Crippen LogP contribution in [-0.4, -0.2) is 5.78 Å². The molecule has 2 aromatic rings. The number of carbonyl (C=O) groups is 1. The SMILES string of the molecule is Cc1ccccc1C(=O)c1cc(N)cc(Cl)c1. The molecule has 3 heteroatoms. The number of anilines is 1. The molecule has 2 nitrogen and oxygen atoms in total. The minimum Gasteiger partial charge on any atom is -0.399 e. The van der Waals surface area contributed by atoms with Crippen molar-refractivity contribution < 1.29 is 4.79 Å². The fourth-order valence-electron chi connectivity index (χ4n) is 1.73. The summed E-state index contributed by atoms with van der Waals surface area (Å²) in [6.07, 6.45) is 0. The van der Waals surface area contributed by atoms with Crippen molar-refractivity contribution in [1.82, 2.24) is 0 Å². The smallest absolute Gasteiger partial charge is 0.193 e. The van der Waals surface area contributed by atoms with Gasteiger partial charge in [-0.1, -0.05) is 35.9 Å². The van der Waals surface area contributed by atoms with Crippen LogP contribution in [0.15, 0.2) is 42.5 Å². The van der Waals surface area contributed by atoms with Crippen LogP contribution in [0.1, 0.15) is 21.5 Å². The minimum atomic E-state index is -0.0581. The Bertz CT molecular complexity index is 558. The van der Waals surface area contributed by atoms with Gasteiger partial charge in [-0.25, -0.2) is 0 Å². The summed E-state index contributed by atoms with van der Waals surface area (Å²) in [6, 6.07) is 12.3. The van der Waals surface area contributed by atoms with Crippen molar-refractivity contribution in [3.8, 4) is 0 Å². The largest absolute Gasteiger partial charge is 0.399 e. The molecule has 17 heavy (non-hydrogen) atoms. The lowest BCUT2D eigenvalue weighted by Crippen LogP contribution is -2.04. The van der Waals surface area contributed by atoms with Crippen LogP contribution in [0.3, 0.4) is 0 Å². The predicted molar refractivity (Wildman–Crippen MR) is 70.5 cm³/mol. The first-order valence-corrected chi connectivity index (χ1v) is 5.62. The number of aryl methyl sites for hydroxylation is 1. The van der Waals surface area contributed by atoms with Crippen molar-refractivity contribution in [3.63, 3.8) is 0 Å². The molecule has 86 valence electrons. The highest BCUT2D eigenvalue weighted by Gasteiger charge is 2.12. The highest BCUT2D eigenvalue weighted by atomic mass is 35.5. The van der Waals surface area contributed by atoms with E-state index in [4.69, 9.17) is 17.3 Å². The summed E-state index contributed by atoms with van der Waals surface area (Å²) in [4.78, 5) is 12.3. The van der Waals surface area contributed by atoms with Crippen LogP contribution >= 0.6 is 11.6 Å². The number of ketones is 1. The van der Waals surface area contributed by atoms with Gasteiger partial charge in [0.1, 0.15) is 0 Å². The number of nitrogens with two attached hydrogens (primary N) is 1. The van der Waals surface area contributed by atoms with Crippen LogP contribution in [0.5, 0.6) is 0 Å². The van der Waals surface area contributed by atoms with Crippen LogP contribution in [0.25, 0.3) is 0 Å². The second kappa shape index (κ2) is 4.60. The molecule has 0 bridgehead atoms. The number of hydrogen-bond donors (Lipinski definition) is 1. The van der Waals surface area contributed by atoms with Crippen LogP contribution < -0.4 is 5.73 Å². The van der Waals surface area contributed by atoms with Gasteiger partial charge in [-0.2, -0.15) is 0 Å². The fraction of sp³-hybridized carbons (Fsp3) is 0.0714. The van der Waals surface area contributed by atoms with Gasteiger partial charge in [0.2, 0.25) is 0 Å². The second-order valence-corrected chi connectivity index (χ2v) is 4.35. The van der Waals surface area contributed by atoms with E-state index in [1.807, 2.05) is 25.1 Å². The molecule has 0 fully saturated rings. The number of rotatable bonds is 2. The Morgan fingerprint density at radius 2 is 1.88 bits per heavy atom. The highest BCUT2D eigenvalue weighted by molar-refractivity contribution is 6.31. The van der Waals surface area contributed by atoms with Crippen molar-refractivity contribution in [3.05, 3.63) is 64.2 Å². The molecule has 2 N–H and O–H groups in total. The van der Waals surface area contributed by atoms with Gasteiger partial charge >= 0.3 is 0 Å². The zero-order valence-electron chi connectivity index (χ0n) is 9.41. The maximum atomic E-state index is 12.3. The summed E-state index contributed by atoms with van der Waals surface area (Å²) in [5, 5.41) is 0.474. The topological polar surface area (TPSA) is 43.1 Å².